The summed E-state index contributed by atoms with van der Waals surface area (Å²) in [5.41, 5.74) is 3.88. The molecule has 2 atom stereocenters. The first-order valence-corrected chi connectivity index (χ1v) is 16.3. The molecule has 2 unspecified atom stereocenters. The summed E-state index contributed by atoms with van der Waals surface area (Å²) in [6.07, 6.45) is 7.09. The molecule has 2 aliphatic carbocycles. The normalized spacial score (nSPS) is 22.8. The van der Waals surface area contributed by atoms with Gasteiger partial charge in [0.2, 0.25) is 0 Å². The van der Waals surface area contributed by atoms with E-state index in [-0.39, 0.29) is 24.1 Å². The lowest BCUT2D eigenvalue weighted by Gasteiger charge is -2.31. The van der Waals surface area contributed by atoms with Crippen LogP contribution in [0.2, 0.25) is 0 Å². The average molecular weight is 594 g/mol. The lowest BCUT2D eigenvalue weighted by Crippen LogP contribution is -2.42. The number of nitrogens with one attached hydrogen (secondary N) is 1. The highest BCUT2D eigenvalue weighted by molar-refractivity contribution is 7.87. The van der Waals surface area contributed by atoms with Gasteiger partial charge in [-0.3, -0.25) is 9.59 Å². The number of hydrogen-bond acceptors (Lipinski definition) is 5. The van der Waals surface area contributed by atoms with E-state index in [1.165, 1.54) is 23.3 Å². The number of carboxylic acids is 1. The molecule has 224 valence electrons. The van der Waals surface area contributed by atoms with Gasteiger partial charge in [-0.25, -0.2) is 4.72 Å². The van der Waals surface area contributed by atoms with Gasteiger partial charge in [0.25, 0.3) is 5.91 Å². The molecule has 3 aromatic rings. The number of methoxy groups -OCH3 is 1. The molecule has 2 fully saturated rings. The highest BCUT2D eigenvalue weighted by Crippen LogP contribution is 2.52. The van der Waals surface area contributed by atoms with E-state index >= 15 is 0 Å². The molecule has 2 saturated carbocycles. The summed E-state index contributed by atoms with van der Waals surface area (Å²) in [5, 5.41) is 11.6. The Labute approximate surface area is 247 Å². The number of nitrogens with zero attached hydrogens (tertiary/aromatic N) is 2. The summed E-state index contributed by atoms with van der Waals surface area (Å²) in [4.78, 5) is 26.3. The predicted molar refractivity (Wildman–Crippen MR) is 161 cm³/mol. The Balaban J connectivity index is 1.57. The van der Waals surface area contributed by atoms with Crippen LogP contribution in [0.1, 0.15) is 92.1 Å². The van der Waals surface area contributed by atoms with Crippen molar-refractivity contribution in [3.05, 3.63) is 53.1 Å². The zero-order valence-corrected chi connectivity index (χ0v) is 25.5. The molecule has 3 aliphatic rings. The van der Waals surface area contributed by atoms with Crippen molar-refractivity contribution in [2.75, 3.05) is 14.2 Å². The van der Waals surface area contributed by atoms with E-state index in [0.29, 0.717) is 11.7 Å². The fourth-order valence-corrected chi connectivity index (χ4v) is 8.06. The highest BCUT2D eigenvalue weighted by atomic mass is 32.2. The highest BCUT2D eigenvalue weighted by Gasteiger charge is 2.45. The number of aliphatic carboxylic acids is 1. The third-order valence-corrected chi connectivity index (χ3v) is 11.5. The minimum Gasteiger partial charge on any atom is -0.497 e. The lowest BCUT2D eigenvalue weighted by atomic mass is 9.73. The van der Waals surface area contributed by atoms with Gasteiger partial charge in [-0.2, -0.15) is 12.7 Å². The Kier molecular flexibility index (Phi) is 7.13. The molecule has 0 bridgehead atoms. The fraction of sp³-hybridized carbons (Fsp3) is 0.500. The summed E-state index contributed by atoms with van der Waals surface area (Å²) in [5.74, 6) is -0.963. The smallest absolute Gasteiger partial charge is 0.311 e. The molecular formula is C32H39N3O6S. The van der Waals surface area contributed by atoms with Crippen molar-refractivity contribution in [2.45, 2.75) is 83.2 Å². The number of aromatic nitrogens is 1. The van der Waals surface area contributed by atoms with Crippen LogP contribution in [0, 0.1) is 5.41 Å². The largest absolute Gasteiger partial charge is 0.497 e. The average Bonchev–Trinajstić information content (AvgIpc) is 3.79. The van der Waals surface area contributed by atoms with Crippen molar-refractivity contribution < 1.29 is 27.9 Å². The third kappa shape index (κ3) is 4.68. The monoisotopic (exact) mass is 593 g/mol. The number of amides is 1. The maximum Gasteiger partial charge on any atom is 0.311 e. The van der Waals surface area contributed by atoms with Crippen LogP contribution >= 0.6 is 0 Å². The molecule has 9 nitrogen and oxygen atoms in total. The van der Waals surface area contributed by atoms with Gasteiger partial charge < -0.3 is 14.4 Å². The van der Waals surface area contributed by atoms with Gasteiger partial charge in [0, 0.05) is 41.7 Å². The van der Waals surface area contributed by atoms with E-state index in [1.807, 2.05) is 31.2 Å². The van der Waals surface area contributed by atoms with Gasteiger partial charge in [0.05, 0.1) is 18.2 Å². The minimum absolute atomic E-state index is 0.0772. The van der Waals surface area contributed by atoms with Gasteiger partial charge in [-0.05, 0) is 85.9 Å². The second kappa shape index (κ2) is 10.4. The van der Waals surface area contributed by atoms with E-state index in [4.69, 9.17) is 4.74 Å². The maximum absolute atomic E-state index is 13.3. The third-order valence-electron chi connectivity index (χ3n) is 9.95. The van der Waals surface area contributed by atoms with Crippen molar-refractivity contribution in [1.29, 1.82) is 0 Å². The van der Waals surface area contributed by atoms with Crippen LogP contribution in [0.15, 0.2) is 36.4 Å². The molecule has 2 N–H and O–H groups in total. The van der Waals surface area contributed by atoms with E-state index in [2.05, 4.69) is 9.29 Å². The first-order valence-electron chi connectivity index (χ1n) is 14.8. The number of carboxylic acid groups (broad SMARTS) is 1. The summed E-state index contributed by atoms with van der Waals surface area (Å²) < 4.78 is 36.8. The molecule has 10 heteroatoms. The van der Waals surface area contributed by atoms with Crippen LogP contribution in [-0.4, -0.2) is 54.5 Å². The first kappa shape index (κ1) is 28.7. The number of carbonyl (C=O) groups is 2. The summed E-state index contributed by atoms with van der Waals surface area (Å²) in [6.45, 7) is 3.94. The molecular weight excluding hydrogens is 554 g/mol. The zero-order valence-electron chi connectivity index (χ0n) is 24.6. The second-order valence-corrected chi connectivity index (χ2v) is 14.2. The number of benzene rings is 2. The van der Waals surface area contributed by atoms with Gasteiger partial charge in [0.1, 0.15) is 5.75 Å². The van der Waals surface area contributed by atoms with Crippen molar-refractivity contribution in [1.82, 2.24) is 13.6 Å². The molecule has 0 radical (unpaired) electrons. The number of rotatable bonds is 7. The number of fused-ring (bicyclic) bond motifs is 5. The first-order chi connectivity index (χ1) is 20.0. The molecule has 2 aromatic carbocycles. The SMILES string of the molecule is COc1ccc2c(c1)C(C)C(C)(C(=O)O)Cn1c-2c(C2CCCCC2)c2ccc(C(=O)NS(=O)(=O)N(C)C3CC3)cc21. The minimum atomic E-state index is -3.98. The second-order valence-electron chi connectivity index (χ2n) is 12.5. The number of carbonyl (C=O) groups excluding carboxylic acids is 1. The maximum atomic E-state index is 13.3. The van der Waals surface area contributed by atoms with E-state index in [0.717, 1.165) is 66.2 Å². The Bertz CT molecular complexity index is 1690. The molecule has 42 heavy (non-hydrogen) atoms. The quantitative estimate of drug-likeness (QED) is 0.366. The Morgan fingerprint density at radius 2 is 1.79 bits per heavy atom. The van der Waals surface area contributed by atoms with E-state index in [9.17, 15) is 23.1 Å². The Morgan fingerprint density at radius 3 is 2.43 bits per heavy atom. The fourth-order valence-electron chi connectivity index (χ4n) is 6.96. The number of hydrogen-bond donors (Lipinski definition) is 2. The number of ether oxygens (including phenoxy) is 1. The zero-order chi connectivity index (χ0) is 30.0. The van der Waals surface area contributed by atoms with Crippen molar-refractivity contribution in [2.24, 2.45) is 5.41 Å². The summed E-state index contributed by atoms with van der Waals surface area (Å²) in [6, 6.07) is 11.2. The van der Waals surface area contributed by atoms with Gasteiger partial charge in [-0.1, -0.05) is 32.3 Å². The van der Waals surface area contributed by atoms with E-state index < -0.39 is 27.5 Å². The van der Waals surface area contributed by atoms with Crippen molar-refractivity contribution >= 4 is 33.0 Å². The lowest BCUT2D eigenvalue weighted by molar-refractivity contribution is -0.150. The van der Waals surface area contributed by atoms with Crippen molar-refractivity contribution in [3.8, 4) is 17.0 Å². The van der Waals surface area contributed by atoms with Crippen LogP contribution in [0.25, 0.3) is 22.2 Å². The Morgan fingerprint density at radius 1 is 1.07 bits per heavy atom. The molecule has 0 spiro atoms. The molecule has 1 aromatic heterocycles. The van der Waals surface area contributed by atoms with Gasteiger partial charge >= 0.3 is 16.2 Å². The van der Waals surface area contributed by atoms with Crippen LogP contribution in [0.5, 0.6) is 5.75 Å². The standard InChI is InChI=1S/C32H39N3O6S/c1-19-26-17-23(41-4)13-15-24(26)29-28(20-8-6-5-7-9-20)25-14-10-21(16-27(25)35(29)18-32(19,2)31(37)38)30(36)33-42(39,40)34(3)22-11-12-22/h10,13-17,19-20,22H,5-9,11-12,18H2,1-4H3,(H,33,36)(H,37,38). The van der Waals surface area contributed by atoms with Gasteiger partial charge in [0.15, 0.2) is 0 Å². The molecule has 1 amide bonds. The summed E-state index contributed by atoms with van der Waals surface area (Å²) >= 11 is 0. The summed E-state index contributed by atoms with van der Waals surface area (Å²) in [7, 11) is -0.883. The molecule has 2 heterocycles. The molecule has 6 rings (SSSR count). The van der Waals surface area contributed by atoms with Crippen LogP contribution in [0.4, 0.5) is 0 Å². The van der Waals surface area contributed by atoms with Crippen molar-refractivity contribution in [3.63, 3.8) is 0 Å². The molecule has 1 aliphatic heterocycles. The molecule has 0 saturated heterocycles. The van der Waals surface area contributed by atoms with Gasteiger partial charge in [-0.15, -0.1) is 0 Å². The Hall–Kier alpha value is -3.37. The van der Waals surface area contributed by atoms with Crippen LogP contribution in [0.3, 0.4) is 0 Å². The predicted octanol–water partition coefficient (Wildman–Crippen LogP) is 5.64. The van der Waals surface area contributed by atoms with Crippen LogP contribution in [-0.2, 0) is 21.5 Å². The van der Waals surface area contributed by atoms with Crippen LogP contribution < -0.4 is 9.46 Å². The topological polar surface area (TPSA) is 118 Å². The van der Waals surface area contributed by atoms with E-state index in [1.54, 1.807) is 26.2 Å².